The number of furan rings is 1. The number of thiazole rings is 1. The molecule has 2 aromatic rings. The molecule has 226 valence electrons. The van der Waals surface area contributed by atoms with Gasteiger partial charge in [0.1, 0.15) is 17.6 Å². The monoisotopic (exact) mass is 605 g/mol. The first kappa shape index (κ1) is 31.9. The summed E-state index contributed by atoms with van der Waals surface area (Å²) in [5.74, 6) is -0.0242. The fourth-order valence-corrected chi connectivity index (χ4v) is 7.24. The molecule has 0 aromatic carbocycles. The highest BCUT2D eigenvalue weighted by molar-refractivity contribution is 8.00. The number of epoxide rings is 1. The van der Waals surface area contributed by atoms with E-state index in [-0.39, 0.29) is 29.8 Å². The van der Waals surface area contributed by atoms with Crippen molar-refractivity contribution < 1.29 is 33.7 Å². The van der Waals surface area contributed by atoms with E-state index in [0.29, 0.717) is 12.2 Å². The van der Waals surface area contributed by atoms with Crippen molar-refractivity contribution >= 4 is 40.9 Å². The number of Topliss-reactive ketones (excluding diaryl/α,β-unsaturated/α-hetero) is 1. The Morgan fingerprint density at radius 3 is 2.71 bits per heavy atom. The van der Waals surface area contributed by atoms with Crippen molar-refractivity contribution in [2.24, 2.45) is 17.3 Å². The quantitative estimate of drug-likeness (QED) is 0.238. The highest BCUT2D eigenvalue weighted by Gasteiger charge is 2.53. The summed E-state index contributed by atoms with van der Waals surface area (Å²) in [4.78, 5) is 31.1. The van der Waals surface area contributed by atoms with Crippen LogP contribution in [0, 0.1) is 17.3 Å². The molecule has 0 aliphatic carbocycles. The smallest absolute Gasteiger partial charge is 0.309 e. The van der Waals surface area contributed by atoms with E-state index in [1.165, 1.54) is 0 Å². The van der Waals surface area contributed by atoms with Crippen molar-refractivity contribution in [3.8, 4) is 0 Å². The molecule has 41 heavy (non-hydrogen) atoms. The molecule has 4 rings (SSSR count). The predicted octanol–water partition coefficient (Wildman–Crippen LogP) is 6.05. The Kier molecular flexibility index (Phi) is 10.2. The molecule has 0 bridgehead atoms. The summed E-state index contributed by atoms with van der Waals surface area (Å²) in [5, 5.41) is 23.8. The Morgan fingerprint density at radius 1 is 1.24 bits per heavy atom. The summed E-state index contributed by atoms with van der Waals surface area (Å²) in [7, 11) is 0. The maximum atomic E-state index is 13.3. The number of fused-ring (bicyclic) bond motifs is 1. The summed E-state index contributed by atoms with van der Waals surface area (Å²) in [6.45, 7) is 10.9. The van der Waals surface area contributed by atoms with Gasteiger partial charge in [-0.15, -0.1) is 11.3 Å². The fraction of sp³-hybridized carbons (Fsp3) is 0.645. The summed E-state index contributed by atoms with van der Waals surface area (Å²) in [6.07, 6.45) is 3.45. The van der Waals surface area contributed by atoms with E-state index in [9.17, 15) is 19.8 Å². The number of ether oxygens (including phenoxy) is 2. The Balaban J connectivity index is 1.51. The zero-order chi connectivity index (χ0) is 29.9. The van der Waals surface area contributed by atoms with Crippen molar-refractivity contribution in [1.82, 2.24) is 4.98 Å². The van der Waals surface area contributed by atoms with Gasteiger partial charge in [-0.25, -0.2) is 4.98 Å². The molecule has 0 saturated carbocycles. The molecule has 1 unspecified atom stereocenters. The van der Waals surface area contributed by atoms with E-state index < -0.39 is 35.6 Å². The number of cyclic esters (lactones) is 1. The SMILES string of the molecule is C/C(=C\c1csc(SCc2ccco2)n1)[C@@H]1C[C@@H]2O[C@]2(C)CCC[C@H](C)C(O)[C@@H](C)C(=O)C(C)(C)[C@@H](O)CC(=O)O1. The van der Waals surface area contributed by atoms with Crippen LogP contribution in [0.15, 0.2) is 38.1 Å². The predicted molar refractivity (Wildman–Crippen MR) is 159 cm³/mol. The minimum atomic E-state index is -1.25. The normalized spacial score (nSPS) is 33.7. The number of hydrogen-bond donors (Lipinski definition) is 2. The number of carbonyl (C=O) groups is 2. The largest absolute Gasteiger partial charge is 0.468 e. The molecular weight excluding hydrogens is 562 g/mol. The second kappa shape index (κ2) is 13.1. The highest BCUT2D eigenvalue weighted by Crippen LogP contribution is 2.45. The van der Waals surface area contributed by atoms with Crippen LogP contribution in [-0.4, -0.2) is 57.0 Å². The van der Waals surface area contributed by atoms with Crippen LogP contribution < -0.4 is 0 Å². The van der Waals surface area contributed by atoms with E-state index in [1.54, 1.807) is 50.1 Å². The van der Waals surface area contributed by atoms with Gasteiger partial charge in [0.05, 0.1) is 53.5 Å². The van der Waals surface area contributed by atoms with Crippen molar-refractivity contribution in [3.63, 3.8) is 0 Å². The lowest BCUT2D eigenvalue weighted by Crippen LogP contribution is -2.45. The zero-order valence-corrected chi connectivity index (χ0v) is 26.4. The van der Waals surface area contributed by atoms with Crippen molar-refractivity contribution in [2.75, 3.05) is 0 Å². The molecule has 8 nitrogen and oxygen atoms in total. The third-order valence-electron chi connectivity index (χ3n) is 8.71. The second-order valence-corrected chi connectivity index (χ2v) is 14.5. The van der Waals surface area contributed by atoms with Gasteiger partial charge in [0.2, 0.25) is 0 Å². The number of nitrogens with zero attached hydrogens (tertiary/aromatic N) is 1. The van der Waals surface area contributed by atoms with Gasteiger partial charge in [-0.1, -0.05) is 45.9 Å². The number of esters is 1. The molecule has 0 radical (unpaired) electrons. The Labute approximate surface area is 250 Å². The van der Waals surface area contributed by atoms with Crippen molar-refractivity contribution in [1.29, 1.82) is 0 Å². The van der Waals surface area contributed by atoms with Crippen LogP contribution in [0.25, 0.3) is 6.08 Å². The van der Waals surface area contributed by atoms with Crippen LogP contribution >= 0.6 is 23.1 Å². The summed E-state index contributed by atoms with van der Waals surface area (Å²) < 4.78 is 18.4. The molecule has 7 atom stereocenters. The van der Waals surface area contributed by atoms with Crippen LogP contribution in [0.4, 0.5) is 0 Å². The fourth-order valence-electron chi connectivity index (χ4n) is 5.55. The molecule has 2 saturated heterocycles. The van der Waals surface area contributed by atoms with Gasteiger partial charge in [-0.3, -0.25) is 9.59 Å². The lowest BCUT2D eigenvalue weighted by Gasteiger charge is -2.34. The number of hydrogen-bond acceptors (Lipinski definition) is 10. The summed E-state index contributed by atoms with van der Waals surface area (Å²) in [5.41, 5.74) is 0.0659. The Morgan fingerprint density at radius 2 is 2.00 bits per heavy atom. The number of aliphatic hydroxyl groups is 2. The van der Waals surface area contributed by atoms with Gasteiger partial charge in [-0.05, 0) is 56.4 Å². The number of thioether (sulfide) groups is 1. The van der Waals surface area contributed by atoms with E-state index in [0.717, 1.165) is 40.6 Å². The standard InChI is InChI=1S/C31H43NO7S2/c1-18-9-7-11-31(6)25(39-31)14-23(38-26(34)15-24(33)30(4,5)28(36)20(3)27(18)35)19(2)13-21-16-40-29(32-21)41-17-22-10-8-12-37-22/h8,10,12-13,16,18,20,23-25,27,33,35H,7,9,11,14-15,17H2,1-6H3/b19-13+/t18-,20+,23-,24-,25-,27?,31+/m0/s1. The summed E-state index contributed by atoms with van der Waals surface area (Å²) >= 11 is 3.15. The van der Waals surface area contributed by atoms with Gasteiger partial charge in [0, 0.05) is 17.7 Å². The molecule has 2 N–H and O–H groups in total. The minimum Gasteiger partial charge on any atom is -0.468 e. The van der Waals surface area contributed by atoms with E-state index in [4.69, 9.17) is 18.9 Å². The number of rotatable bonds is 5. The number of aliphatic hydroxyl groups excluding tert-OH is 2. The minimum absolute atomic E-state index is 0.0755. The van der Waals surface area contributed by atoms with Gasteiger partial charge in [0.25, 0.3) is 0 Å². The molecule has 4 heterocycles. The van der Waals surface area contributed by atoms with Crippen LogP contribution in [-0.2, 0) is 24.8 Å². The molecule has 0 amide bonds. The molecule has 2 aliphatic heterocycles. The lowest BCUT2D eigenvalue weighted by molar-refractivity contribution is -0.154. The van der Waals surface area contributed by atoms with Crippen LogP contribution in [0.2, 0.25) is 0 Å². The average molecular weight is 606 g/mol. The van der Waals surface area contributed by atoms with Crippen molar-refractivity contribution in [2.45, 2.75) is 114 Å². The first-order valence-electron chi connectivity index (χ1n) is 14.4. The maximum absolute atomic E-state index is 13.3. The van der Waals surface area contributed by atoms with E-state index in [2.05, 4.69) is 6.92 Å². The van der Waals surface area contributed by atoms with Gasteiger partial charge in [0.15, 0.2) is 4.34 Å². The first-order chi connectivity index (χ1) is 19.3. The third-order valence-corrected chi connectivity index (χ3v) is 10.8. The molecule has 10 heteroatoms. The second-order valence-electron chi connectivity index (χ2n) is 12.4. The highest BCUT2D eigenvalue weighted by atomic mass is 32.2. The van der Waals surface area contributed by atoms with Crippen LogP contribution in [0.5, 0.6) is 0 Å². The topological polar surface area (TPSA) is 122 Å². The van der Waals surface area contributed by atoms with Crippen LogP contribution in [0.3, 0.4) is 0 Å². The average Bonchev–Trinajstić information content (AvgIpc) is 3.29. The number of aromatic nitrogens is 1. The van der Waals surface area contributed by atoms with Crippen molar-refractivity contribution in [3.05, 3.63) is 40.8 Å². The lowest BCUT2D eigenvalue weighted by atomic mass is 9.73. The van der Waals surface area contributed by atoms with Gasteiger partial charge >= 0.3 is 5.97 Å². The Bertz CT molecular complexity index is 1220. The molecule has 2 fully saturated rings. The molecule has 2 aromatic heterocycles. The maximum Gasteiger partial charge on any atom is 0.309 e. The zero-order valence-electron chi connectivity index (χ0n) is 24.8. The molecule has 2 aliphatic rings. The first-order valence-corrected chi connectivity index (χ1v) is 16.2. The third kappa shape index (κ3) is 7.90. The summed E-state index contributed by atoms with van der Waals surface area (Å²) in [6, 6.07) is 3.80. The molecular formula is C31H43NO7S2. The molecule has 0 spiro atoms. The van der Waals surface area contributed by atoms with Crippen LogP contribution in [0.1, 0.15) is 85.1 Å². The number of ketones is 1. The Hall–Kier alpha value is -1.98. The van der Waals surface area contributed by atoms with E-state index >= 15 is 0 Å². The van der Waals surface area contributed by atoms with Gasteiger partial charge < -0.3 is 24.1 Å². The number of carbonyl (C=O) groups excluding carboxylic acids is 2. The van der Waals surface area contributed by atoms with E-state index in [1.807, 2.05) is 37.4 Å². The van der Waals surface area contributed by atoms with Gasteiger partial charge in [-0.2, -0.15) is 0 Å².